The van der Waals surface area contributed by atoms with Crippen LogP contribution in [0, 0.1) is 6.92 Å². The van der Waals surface area contributed by atoms with Crippen LogP contribution in [0.25, 0.3) is 0 Å². The number of nitrogens with zero attached hydrogens (tertiary/aromatic N) is 1. The van der Waals surface area contributed by atoms with E-state index in [9.17, 15) is 4.79 Å². The molecule has 1 unspecified atom stereocenters. The van der Waals surface area contributed by atoms with Gasteiger partial charge in [-0.05, 0) is 61.5 Å². The number of amides is 1. The van der Waals surface area contributed by atoms with Crippen molar-refractivity contribution in [2.45, 2.75) is 52.0 Å². The Bertz CT molecular complexity index is 745. The number of hydrogen-bond donors (Lipinski definition) is 1. The second-order valence-corrected chi connectivity index (χ2v) is 7.96. The van der Waals surface area contributed by atoms with Gasteiger partial charge in [0.25, 0.3) is 5.91 Å². The molecule has 3 rings (SSSR count). The van der Waals surface area contributed by atoms with E-state index in [1.165, 1.54) is 30.4 Å². The summed E-state index contributed by atoms with van der Waals surface area (Å²) in [5.41, 5.74) is 4.45. The van der Waals surface area contributed by atoms with E-state index in [1.54, 1.807) is 0 Å². The van der Waals surface area contributed by atoms with E-state index in [0.29, 0.717) is 12.5 Å². The number of hydrogen-bond acceptors (Lipinski definition) is 2. The molecule has 2 aromatic rings. The summed E-state index contributed by atoms with van der Waals surface area (Å²) in [5.74, 6) is 0.558. The molecule has 0 aromatic heterocycles. The van der Waals surface area contributed by atoms with E-state index >= 15 is 0 Å². The standard InChI is InChI=1S/C24H32N2O/c1-18(2)20-11-13-21(14-12-20)23(26-15-7-4-8-16-26)17-25-24(27)22-10-6-5-9-19(22)3/h5-6,9-14,18,23H,4,7-8,15-17H2,1-3H3,(H,25,27). The van der Waals surface area contributed by atoms with Gasteiger partial charge in [-0.3, -0.25) is 9.69 Å². The Morgan fingerprint density at radius 3 is 2.22 bits per heavy atom. The zero-order valence-electron chi connectivity index (χ0n) is 16.9. The van der Waals surface area contributed by atoms with E-state index in [-0.39, 0.29) is 11.9 Å². The van der Waals surface area contributed by atoms with Crippen molar-refractivity contribution in [1.82, 2.24) is 10.2 Å². The lowest BCUT2D eigenvalue weighted by Gasteiger charge is -2.35. The molecule has 0 bridgehead atoms. The number of carbonyl (C=O) groups is 1. The molecule has 1 saturated heterocycles. The van der Waals surface area contributed by atoms with Crippen LogP contribution < -0.4 is 5.32 Å². The largest absolute Gasteiger partial charge is 0.350 e. The zero-order chi connectivity index (χ0) is 19.2. The molecule has 0 aliphatic carbocycles. The van der Waals surface area contributed by atoms with E-state index < -0.39 is 0 Å². The summed E-state index contributed by atoms with van der Waals surface area (Å²) < 4.78 is 0. The van der Waals surface area contributed by atoms with Crippen LogP contribution in [0.2, 0.25) is 0 Å². The second kappa shape index (κ2) is 9.18. The third kappa shape index (κ3) is 4.98. The number of aryl methyl sites for hydroxylation is 1. The number of likely N-dealkylation sites (tertiary alicyclic amines) is 1. The average molecular weight is 365 g/mol. The van der Waals surface area contributed by atoms with Gasteiger partial charge in [-0.2, -0.15) is 0 Å². The van der Waals surface area contributed by atoms with Crippen LogP contribution >= 0.6 is 0 Å². The molecule has 1 aliphatic heterocycles. The minimum absolute atomic E-state index is 0.0221. The van der Waals surface area contributed by atoms with Crippen molar-refractivity contribution in [3.05, 3.63) is 70.8 Å². The lowest BCUT2D eigenvalue weighted by atomic mass is 9.97. The fourth-order valence-electron chi connectivity index (χ4n) is 3.90. The molecule has 144 valence electrons. The van der Waals surface area contributed by atoms with Crippen molar-refractivity contribution in [2.75, 3.05) is 19.6 Å². The van der Waals surface area contributed by atoms with E-state index in [2.05, 4.69) is 48.3 Å². The van der Waals surface area contributed by atoms with E-state index in [4.69, 9.17) is 0 Å². The maximum Gasteiger partial charge on any atom is 0.251 e. The second-order valence-electron chi connectivity index (χ2n) is 7.96. The maximum absolute atomic E-state index is 12.7. The van der Waals surface area contributed by atoms with Crippen LogP contribution in [0.15, 0.2) is 48.5 Å². The summed E-state index contributed by atoms with van der Waals surface area (Å²) in [5, 5.41) is 3.19. The Hall–Kier alpha value is -2.13. The van der Waals surface area contributed by atoms with Gasteiger partial charge in [0.15, 0.2) is 0 Å². The molecule has 1 heterocycles. The summed E-state index contributed by atoms with van der Waals surface area (Å²) in [4.78, 5) is 15.2. The number of carbonyl (C=O) groups excluding carboxylic acids is 1. The summed E-state index contributed by atoms with van der Waals surface area (Å²) in [7, 11) is 0. The SMILES string of the molecule is Cc1ccccc1C(=O)NCC(c1ccc(C(C)C)cc1)N1CCCCC1. The third-order valence-electron chi connectivity index (χ3n) is 5.66. The number of piperidine rings is 1. The molecule has 0 spiro atoms. The zero-order valence-corrected chi connectivity index (χ0v) is 16.9. The molecule has 1 fully saturated rings. The molecule has 0 saturated carbocycles. The van der Waals surface area contributed by atoms with Gasteiger partial charge in [0.05, 0.1) is 6.04 Å². The first-order valence-electron chi connectivity index (χ1n) is 10.2. The first kappa shape index (κ1) is 19.6. The highest BCUT2D eigenvalue weighted by Gasteiger charge is 2.23. The first-order valence-corrected chi connectivity index (χ1v) is 10.2. The fraction of sp³-hybridized carbons (Fsp3) is 0.458. The highest BCUT2D eigenvalue weighted by molar-refractivity contribution is 5.95. The van der Waals surface area contributed by atoms with Crippen LogP contribution in [-0.2, 0) is 0 Å². The molecule has 1 amide bonds. The lowest BCUT2D eigenvalue weighted by molar-refractivity contribution is 0.0924. The van der Waals surface area contributed by atoms with Gasteiger partial charge in [-0.15, -0.1) is 0 Å². The van der Waals surface area contributed by atoms with Crippen molar-refractivity contribution >= 4 is 5.91 Å². The Labute approximate surface area is 163 Å². The highest BCUT2D eigenvalue weighted by Crippen LogP contribution is 2.26. The predicted octanol–water partition coefficient (Wildman–Crippen LogP) is 5.08. The van der Waals surface area contributed by atoms with Gasteiger partial charge < -0.3 is 5.32 Å². The lowest BCUT2D eigenvalue weighted by Crippen LogP contribution is -2.40. The quantitative estimate of drug-likeness (QED) is 0.775. The van der Waals surface area contributed by atoms with Gasteiger partial charge in [0.1, 0.15) is 0 Å². The summed E-state index contributed by atoms with van der Waals surface area (Å²) in [6.45, 7) is 9.29. The van der Waals surface area contributed by atoms with E-state index in [1.807, 2.05) is 31.2 Å². The molecule has 0 radical (unpaired) electrons. The molecular formula is C24H32N2O. The van der Waals surface area contributed by atoms with Crippen LogP contribution in [-0.4, -0.2) is 30.4 Å². The Kier molecular flexibility index (Phi) is 6.68. The Balaban J connectivity index is 1.75. The van der Waals surface area contributed by atoms with Crippen molar-refractivity contribution < 1.29 is 4.79 Å². The smallest absolute Gasteiger partial charge is 0.251 e. The molecule has 1 atom stereocenters. The van der Waals surface area contributed by atoms with Gasteiger partial charge >= 0.3 is 0 Å². The summed E-state index contributed by atoms with van der Waals surface area (Å²) >= 11 is 0. The Morgan fingerprint density at radius 2 is 1.59 bits per heavy atom. The summed E-state index contributed by atoms with van der Waals surface area (Å²) in [6.07, 6.45) is 3.80. The third-order valence-corrected chi connectivity index (χ3v) is 5.66. The molecule has 2 aromatic carbocycles. The van der Waals surface area contributed by atoms with Crippen molar-refractivity contribution in [2.24, 2.45) is 0 Å². The molecule has 1 aliphatic rings. The van der Waals surface area contributed by atoms with Gasteiger partial charge in [0, 0.05) is 12.1 Å². The number of nitrogens with one attached hydrogen (secondary N) is 1. The Morgan fingerprint density at radius 1 is 0.963 bits per heavy atom. The minimum atomic E-state index is 0.0221. The van der Waals surface area contributed by atoms with Crippen molar-refractivity contribution in [3.8, 4) is 0 Å². The highest BCUT2D eigenvalue weighted by atomic mass is 16.1. The van der Waals surface area contributed by atoms with Crippen LogP contribution in [0.3, 0.4) is 0 Å². The minimum Gasteiger partial charge on any atom is -0.350 e. The molecular weight excluding hydrogens is 332 g/mol. The topological polar surface area (TPSA) is 32.3 Å². The van der Waals surface area contributed by atoms with E-state index in [0.717, 1.165) is 24.2 Å². The fourth-order valence-corrected chi connectivity index (χ4v) is 3.90. The summed E-state index contributed by atoms with van der Waals surface area (Å²) in [6, 6.07) is 17.0. The predicted molar refractivity (Wildman–Crippen MR) is 112 cm³/mol. The maximum atomic E-state index is 12.7. The number of benzene rings is 2. The monoisotopic (exact) mass is 364 g/mol. The molecule has 27 heavy (non-hydrogen) atoms. The molecule has 3 nitrogen and oxygen atoms in total. The van der Waals surface area contributed by atoms with Crippen molar-refractivity contribution in [1.29, 1.82) is 0 Å². The average Bonchev–Trinajstić information content (AvgIpc) is 2.69. The van der Waals surface area contributed by atoms with Gasteiger partial charge in [-0.1, -0.05) is 62.7 Å². The van der Waals surface area contributed by atoms with Crippen LogP contribution in [0.4, 0.5) is 0 Å². The molecule has 1 N–H and O–H groups in total. The van der Waals surface area contributed by atoms with Crippen LogP contribution in [0.5, 0.6) is 0 Å². The van der Waals surface area contributed by atoms with Crippen molar-refractivity contribution in [3.63, 3.8) is 0 Å². The van der Waals surface area contributed by atoms with Gasteiger partial charge in [-0.25, -0.2) is 0 Å². The number of rotatable bonds is 6. The molecule has 3 heteroatoms. The normalized spacial score (nSPS) is 16.3. The van der Waals surface area contributed by atoms with Crippen LogP contribution in [0.1, 0.15) is 72.1 Å². The van der Waals surface area contributed by atoms with Gasteiger partial charge in [0.2, 0.25) is 0 Å². The first-order chi connectivity index (χ1) is 13.1.